The van der Waals surface area contributed by atoms with Crippen molar-refractivity contribution >= 4 is 17.9 Å². The molecule has 3 atom stereocenters. The highest BCUT2D eigenvalue weighted by atomic mass is 19.1. The zero-order valence-corrected chi connectivity index (χ0v) is 21.7. The molecule has 1 aromatic rings. The van der Waals surface area contributed by atoms with Crippen molar-refractivity contribution in [2.24, 2.45) is 0 Å². The van der Waals surface area contributed by atoms with Gasteiger partial charge in [-0.15, -0.1) is 0 Å². The van der Waals surface area contributed by atoms with Crippen LogP contribution in [0.1, 0.15) is 91.2 Å². The number of hydrogen-bond acceptors (Lipinski definition) is 9. The monoisotopic (exact) mass is 528 g/mol. The minimum atomic E-state index is -1.25. The van der Waals surface area contributed by atoms with Gasteiger partial charge in [0.15, 0.2) is 6.73 Å². The van der Waals surface area contributed by atoms with Crippen LogP contribution in [-0.4, -0.2) is 45.9 Å². The molecular weight excluding hydrogens is 491 g/mol. The predicted octanol–water partition coefficient (Wildman–Crippen LogP) is 2.96. The second-order valence-corrected chi connectivity index (χ2v) is 8.93. The van der Waals surface area contributed by atoms with Gasteiger partial charge in [0.2, 0.25) is 5.82 Å². The van der Waals surface area contributed by atoms with Crippen molar-refractivity contribution in [3.8, 4) is 0 Å². The van der Waals surface area contributed by atoms with Gasteiger partial charge in [-0.1, -0.05) is 40.0 Å². The molecule has 0 saturated carbocycles. The Morgan fingerprint density at radius 3 is 2.30 bits per heavy atom. The van der Waals surface area contributed by atoms with Crippen LogP contribution < -0.4 is 11.2 Å². The SMILES string of the molecule is CCCCCCC(=O)OCn1c(=O)c(F)cn([C@H]2C[C@H](OC(=O)CCC)[C@@H](COC(=O)CCC)O2)c1=O. The van der Waals surface area contributed by atoms with Crippen LogP contribution in [0.3, 0.4) is 0 Å². The third-order valence-electron chi connectivity index (χ3n) is 5.83. The number of carbonyl (C=O) groups excluding carboxylic acids is 3. The van der Waals surface area contributed by atoms with Crippen molar-refractivity contribution in [2.45, 2.75) is 110 Å². The predicted molar refractivity (Wildman–Crippen MR) is 129 cm³/mol. The van der Waals surface area contributed by atoms with E-state index in [9.17, 15) is 28.4 Å². The number of carbonyl (C=O) groups is 3. The Hall–Kier alpha value is -3.02. The van der Waals surface area contributed by atoms with Gasteiger partial charge < -0.3 is 18.9 Å². The minimum absolute atomic E-state index is 0.0415. The lowest BCUT2D eigenvalue weighted by Crippen LogP contribution is -2.43. The van der Waals surface area contributed by atoms with Crippen LogP contribution in [0.4, 0.5) is 4.39 Å². The molecular formula is C25H37FN2O9. The Bertz CT molecular complexity index is 1040. The molecule has 1 saturated heterocycles. The maximum atomic E-state index is 14.5. The van der Waals surface area contributed by atoms with Gasteiger partial charge in [-0.3, -0.25) is 23.7 Å². The first kappa shape index (κ1) is 30.2. The third kappa shape index (κ3) is 9.10. The summed E-state index contributed by atoms with van der Waals surface area (Å²) < 4.78 is 37.3. The summed E-state index contributed by atoms with van der Waals surface area (Å²) in [5.74, 6) is -2.80. The molecule has 1 aliphatic heterocycles. The van der Waals surface area contributed by atoms with Crippen LogP contribution >= 0.6 is 0 Å². The second kappa shape index (κ2) is 15.3. The lowest BCUT2D eigenvalue weighted by molar-refractivity contribution is -0.158. The van der Waals surface area contributed by atoms with Crippen LogP contribution in [0.5, 0.6) is 0 Å². The van der Waals surface area contributed by atoms with E-state index in [1.165, 1.54) is 0 Å². The van der Waals surface area contributed by atoms with E-state index >= 15 is 0 Å². The van der Waals surface area contributed by atoms with Crippen LogP contribution in [-0.2, 0) is 40.1 Å². The smallest absolute Gasteiger partial charge is 0.336 e. The van der Waals surface area contributed by atoms with E-state index in [1.807, 2.05) is 20.8 Å². The van der Waals surface area contributed by atoms with Gasteiger partial charge in [-0.05, 0) is 19.3 Å². The van der Waals surface area contributed by atoms with Gasteiger partial charge >= 0.3 is 23.6 Å². The summed E-state index contributed by atoms with van der Waals surface area (Å²) in [6, 6.07) is 0. The van der Waals surface area contributed by atoms with E-state index in [0.717, 1.165) is 23.8 Å². The Morgan fingerprint density at radius 2 is 1.62 bits per heavy atom. The number of halogens is 1. The van der Waals surface area contributed by atoms with Gasteiger partial charge in [0.05, 0.1) is 6.20 Å². The summed E-state index contributed by atoms with van der Waals surface area (Å²) in [7, 11) is 0. The van der Waals surface area contributed by atoms with Crippen molar-refractivity contribution in [2.75, 3.05) is 6.61 Å². The van der Waals surface area contributed by atoms with Crippen LogP contribution in [0.15, 0.2) is 15.8 Å². The number of nitrogens with zero attached hydrogens (tertiary/aromatic N) is 2. The van der Waals surface area contributed by atoms with Gasteiger partial charge in [-0.2, -0.15) is 4.39 Å². The minimum Gasteiger partial charge on any atom is -0.463 e. The number of ether oxygens (including phenoxy) is 4. The number of esters is 3. The molecule has 0 bridgehead atoms. The number of unbranched alkanes of at least 4 members (excludes halogenated alkanes) is 3. The highest BCUT2D eigenvalue weighted by Gasteiger charge is 2.40. The van der Waals surface area contributed by atoms with Crippen molar-refractivity contribution < 1.29 is 37.7 Å². The molecule has 11 nitrogen and oxygen atoms in total. The molecule has 2 heterocycles. The Labute approximate surface area is 214 Å². The second-order valence-electron chi connectivity index (χ2n) is 8.93. The molecule has 1 aliphatic rings. The lowest BCUT2D eigenvalue weighted by atomic mass is 10.2. The van der Waals surface area contributed by atoms with Gasteiger partial charge in [-0.25, -0.2) is 9.36 Å². The molecule has 1 aromatic heterocycles. The van der Waals surface area contributed by atoms with E-state index < -0.39 is 60.1 Å². The van der Waals surface area contributed by atoms with Gasteiger partial charge in [0, 0.05) is 25.7 Å². The van der Waals surface area contributed by atoms with E-state index in [-0.39, 0.29) is 32.3 Å². The van der Waals surface area contributed by atoms with Crippen LogP contribution in [0, 0.1) is 5.82 Å². The van der Waals surface area contributed by atoms with E-state index in [4.69, 9.17) is 18.9 Å². The maximum Gasteiger partial charge on any atom is 0.336 e. The maximum absolute atomic E-state index is 14.5. The number of rotatable bonds is 15. The molecule has 0 aliphatic carbocycles. The van der Waals surface area contributed by atoms with Gasteiger partial charge in [0.25, 0.3) is 5.56 Å². The zero-order chi connectivity index (χ0) is 27.4. The Kier molecular flexibility index (Phi) is 12.5. The summed E-state index contributed by atoms with van der Waals surface area (Å²) in [5, 5.41) is 0. The summed E-state index contributed by atoms with van der Waals surface area (Å²) in [6.45, 7) is 4.68. The average Bonchev–Trinajstić information content (AvgIpc) is 3.25. The van der Waals surface area contributed by atoms with E-state index in [0.29, 0.717) is 30.0 Å². The van der Waals surface area contributed by atoms with E-state index in [2.05, 4.69) is 0 Å². The van der Waals surface area contributed by atoms with E-state index in [1.54, 1.807) is 0 Å². The normalized spacial score (nSPS) is 19.0. The first-order chi connectivity index (χ1) is 17.7. The summed E-state index contributed by atoms with van der Waals surface area (Å²) in [4.78, 5) is 61.2. The summed E-state index contributed by atoms with van der Waals surface area (Å²) in [6.07, 6.45) is 2.81. The fraction of sp³-hybridized carbons (Fsp3) is 0.720. The summed E-state index contributed by atoms with van der Waals surface area (Å²) in [5.41, 5.74) is -2.20. The first-order valence-electron chi connectivity index (χ1n) is 12.9. The molecule has 0 unspecified atom stereocenters. The molecule has 1 fully saturated rings. The average molecular weight is 529 g/mol. The van der Waals surface area contributed by atoms with Crippen molar-refractivity contribution in [3.63, 3.8) is 0 Å². The lowest BCUT2D eigenvalue weighted by Gasteiger charge is -2.19. The topological polar surface area (TPSA) is 132 Å². The van der Waals surface area contributed by atoms with Gasteiger partial charge in [0.1, 0.15) is 25.0 Å². The zero-order valence-electron chi connectivity index (χ0n) is 21.7. The quantitative estimate of drug-likeness (QED) is 0.191. The number of aromatic nitrogens is 2. The molecule has 0 amide bonds. The molecule has 0 aromatic carbocycles. The van der Waals surface area contributed by atoms with Crippen molar-refractivity contribution in [1.29, 1.82) is 0 Å². The third-order valence-corrected chi connectivity index (χ3v) is 5.83. The Morgan fingerprint density at radius 1 is 0.946 bits per heavy atom. The van der Waals surface area contributed by atoms with Crippen LogP contribution in [0.2, 0.25) is 0 Å². The fourth-order valence-electron chi connectivity index (χ4n) is 3.84. The molecule has 0 radical (unpaired) electrons. The van der Waals surface area contributed by atoms with Crippen molar-refractivity contribution in [1.82, 2.24) is 9.13 Å². The standard InChI is InChI=1S/C25H37FN2O9/c1-4-7-8-9-12-22(30)35-16-28-24(32)17(26)14-27(25(28)33)20-13-18(37-23(31)11-6-3)19(36-20)15-34-21(29)10-5-2/h14,18-20H,4-13,15-16H2,1-3H3/t18-,19+,20+/m0/s1. The molecule has 2 rings (SSSR count). The molecule has 0 spiro atoms. The van der Waals surface area contributed by atoms with Crippen molar-refractivity contribution in [3.05, 3.63) is 32.9 Å². The largest absolute Gasteiger partial charge is 0.463 e. The van der Waals surface area contributed by atoms with Crippen LogP contribution in [0.25, 0.3) is 0 Å². The molecule has 208 valence electrons. The molecule has 12 heteroatoms. The fourth-order valence-corrected chi connectivity index (χ4v) is 3.84. The summed E-state index contributed by atoms with van der Waals surface area (Å²) >= 11 is 0. The molecule has 37 heavy (non-hydrogen) atoms. The highest BCUT2D eigenvalue weighted by Crippen LogP contribution is 2.30. The highest BCUT2D eigenvalue weighted by molar-refractivity contribution is 5.70. The first-order valence-corrected chi connectivity index (χ1v) is 12.9. The Balaban J connectivity index is 2.19. The number of hydrogen-bond donors (Lipinski definition) is 0. The molecule has 0 N–H and O–H groups in total.